The predicted molar refractivity (Wildman–Crippen MR) is 98.1 cm³/mol. The number of hydrogen-bond donors (Lipinski definition) is 1. The largest absolute Gasteiger partial charge is 0.377 e. The Morgan fingerprint density at radius 3 is 2.60 bits per heavy atom. The summed E-state index contributed by atoms with van der Waals surface area (Å²) in [5, 5.41) is 0. The minimum atomic E-state index is 0.255. The summed E-state index contributed by atoms with van der Waals surface area (Å²) in [6.45, 7) is 3.15. The Morgan fingerprint density at radius 1 is 1.12 bits per heavy atom. The van der Waals surface area contributed by atoms with E-state index in [9.17, 15) is 0 Å². The van der Waals surface area contributed by atoms with E-state index in [1.165, 1.54) is 5.56 Å². The molecule has 0 unspecified atom stereocenters. The zero-order valence-electron chi connectivity index (χ0n) is 14.9. The number of hydrogen-bond acceptors (Lipinski definition) is 7. The molecule has 0 aliphatic carbocycles. The Kier molecular flexibility index (Phi) is 5.78. The van der Waals surface area contributed by atoms with Crippen LogP contribution >= 0.6 is 0 Å². The van der Waals surface area contributed by atoms with Crippen LogP contribution in [0, 0.1) is 0 Å². The van der Waals surface area contributed by atoms with Crippen LogP contribution in [0.1, 0.15) is 24.2 Å². The number of nitrogen functional groups attached to an aromatic ring is 1. The van der Waals surface area contributed by atoms with Crippen molar-refractivity contribution in [2.45, 2.75) is 32.0 Å². The average molecular weight is 342 g/mol. The third-order valence-electron chi connectivity index (χ3n) is 4.19. The molecule has 2 aromatic rings. The van der Waals surface area contributed by atoms with Crippen molar-refractivity contribution in [3.05, 3.63) is 41.7 Å². The highest BCUT2D eigenvalue weighted by Gasteiger charge is 2.21. The third kappa shape index (κ3) is 5.11. The molecule has 1 saturated heterocycles. The van der Waals surface area contributed by atoms with Crippen molar-refractivity contribution in [2.75, 3.05) is 37.9 Å². The minimum absolute atomic E-state index is 0.255. The summed E-state index contributed by atoms with van der Waals surface area (Å²) >= 11 is 0. The summed E-state index contributed by atoms with van der Waals surface area (Å²) < 4.78 is 5.82. The Balaban J connectivity index is 1.76. The van der Waals surface area contributed by atoms with E-state index in [0.29, 0.717) is 18.3 Å². The second-order valence-electron chi connectivity index (χ2n) is 6.59. The summed E-state index contributed by atoms with van der Waals surface area (Å²) in [6.07, 6.45) is 2.51. The maximum atomic E-state index is 5.86. The molecule has 7 nitrogen and oxygen atoms in total. The molecule has 0 saturated carbocycles. The molecule has 0 amide bonds. The van der Waals surface area contributed by atoms with Crippen molar-refractivity contribution < 1.29 is 4.74 Å². The molecular formula is C18H26N6O. The van der Waals surface area contributed by atoms with Gasteiger partial charge in [-0.3, -0.25) is 4.90 Å². The fraction of sp³-hybridized carbons (Fsp3) is 0.500. The molecule has 0 radical (unpaired) electrons. The van der Waals surface area contributed by atoms with Crippen molar-refractivity contribution in [1.82, 2.24) is 19.9 Å². The molecule has 1 atom stereocenters. The van der Waals surface area contributed by atoms with Crippen LogP contribution in [0.15, 0.2) is 30.3 Å². The van der Waals surface area contributed by atoms with E-state index in [4.69, 9.17) is 10.5 Å². The van der Waals surface area contributed by atoms with Crippen molar-refractivity contribution in [1.29, 1.82) is 0 Å². The highest BCUT2D eigenvalue weighted by Crippen LogP contribution is 2.17. The van der Waals surface area contributed by atoms with E-state index < -0.39 is 0 Å². The van der Waals surface area contributed by atoms with E-state index >= 15 is 0 Å². The molecule has 1 aliphatic heterocycles. The summed E-state index contributed by atoms with van der Waals surface area (Å²) in [4.78, 5) is 17.2. The molecule has 25 heavy (non-hydrogen) atoms. The molecule has 134 valence electrons. The van der Waals surface area contributed by atoms with E-state index in [2.05, 4.69) is 44.1 Å². The van der Waals surface area contributed by atoms with Crippen LogP contribution in [0.2, 0.25) is 0 Å². The first-order valence-corrected chi connectivity index (χ1v) is 8.66. The molecule has 0 spiro atoms. The van der Waals surface area contributed by atoms with Crippen LogP contribution < -0.4 is 10.6 Å². The van der Waals surface area contributed by atoms with E-state index in [-0.39, 0.29) is 12.1 Å². The summed E-state index contributed by atoms with van der Waals surface area (Å²) in [7, 11) is 3.79. The zero-order chi connectivity index (χ0) is 17.6. The molecule has 0 bridgehead atoms. The first kappa shape index (κ1) is 17.6. The lowest BCUT2D eigenvalue weighted by atomic mass is 10.2. The topological polar surface area (TPSA) is 80.4 Å². The molecule has 7 heteroatoms. The van der Waals surface area contributed by atoms with Gasteiger partial charge in [0.15, 0.2) is 0 Å². The minimum Gasteiger partial charge on any atom is -0.377 e. The highest BCUT2D eigenvalue weighted by atomic mass is 16.5. The van der Waals surface area contributed by atoms with Gasteiger partial charge in [0.05, 0.1) is 12.6 Å². The van der Waals surface area contributed by atoms with Crippen LogP contribution in [-0.2, 0) is 17.8 Å². The number of rotatable bonds is 7. The quantitative estimate of drug-likeness (QED) is 0.820. The van der Waals surface area contributed by atoms with Gasteiger partial charge in [0.2, 0.25) is 11.9 Å². The highest BCUT2D eigenvalue weighted by molar-refractivity contribution is 5.32. The molecular weight excluding hydrogens is 316 g/mol. The van der Waals surface area contributed by atoms with Crippen molar-refractivity contribution in [2.24, 2.45) is 0 Å². The summed E-state index contributed by atoms with van der Waals surface area (Å²) in [5.74, 6) is 1.52. The van der Waals surface area contributed by atoms with Crippen molar-refractivity contribution >= 4 is 11.9 Å². The van der Waals surface area contributed by atoms with Crippen molar-refractivity contribution in [3.63, 3.8) is 0 Å². The normalized spacial score (nSPS) is 17.2. The molecule has 1 aromatic heterocycles. The average Bonchev–Trinajstić information content (AvgIpc) is 3.08. The summed E-state index contributed by atoms with van der Waals surface area (Å²) in [6, 6.07) is 10.4. The first-order valence-electron chi connectivity index (χ1n) is 8.66. The van der Waals surface area contributed by atoms with Gasteiger partial charge < -0.3 is 15.4 Å². The third-order valence-corrected chi connectivity index (χ3v) is 4.19. The number of anilines is 2. The maximum absolute atomic E-state index is 5.86. The van der Waals surface area contributed by atoms with E-state index in [1.807, 2.05) is 25.1 Å². The molecule has 2 N–H and O–H groups in total. The predicted octanol–water partition coefficient (Wildman–Crippen LogP) is 1.70. The lowest BCUT2D eigenvalue weighted by Crippen LogP contribution is -2.32. The molecule has 2 heterocycles. The number of aromatic nitrogens is 3. The van der Waals surface area contributed by atoms with Crippen LogP contribution in [0.4, 0.5) is 11.9 Å². The van der Waals surface area contributed by atoms with E-state index in [0.717, 1.165) is 32.5 Å². The molecule has 1 aliphatic rings. The fourth-order valence-electron chi connectivity index (χ4n) is 3.00. The first-order chi connectivity index (χ1) is 12.1. The van der Waals surface area contributed by atoms with Gasteiger partial charge >= 0.3 is 0 Å². The molecule has 3 rings (SSSR count). The van der Waals surface area contributed by atoms with Gasteiger partial charge in [0.25, 0.3) is 0 Å². The number of ether oxygens (including phenoxy) is 1. The van der Waals surface area contributed by atoms with Gasteiger partial charge in [-0.25, -0.2) is 0 Å². The van der Waals surface area contributed by atoms with E-state index in [1.54, 1.807) is 0 Å². The number of nitrogens with two attached hydrogens (primary N) is 1. The second kappa shape index (κ2) is 8.22. The maximum Gasteiger partial charge on any atom is 0.229 e. The Labute approximate surface area is 148 Å². The lowest BCUT2D eigenvalue weighted by Gasteiger charge is -2.25. The molecule has 1 fully saturated rings. The Morgan fingerprint density at radius 2 is 1.92 bits per heavy atom. The monoisotopic (exact) mass is 342 g/mol. The van der Waals surface area contributed by atoms with Gasteiger partial charge in [-0.2, -0.15) is 15.0 Å². The second-order valence-corrected chi connectivity index (χ2v) is 6.59. The van der Waals surface area contributed by atoms with Gasteiger partial charge in [0, 0.05) is 33.8 Å². The lowest BCUT2D eigenvalue weighted by molar-refractivity contribution is 0.0670. The SMILES string of the molecule is CN(C)c1nc(N)nc(CN(Cc2ccccc2)C[C@@H]2CCCO2)n1. The fourth-order valence-corrected chi connectivity index (χ4v) is 3.00. The van der Waals surface area contributed by atoms with Gasteiger partial charge in [-0.1, -0.05) is 30.3 Å². The standard InChI is InChI=1S/C18H26N6O/c1-23(2)18-21-16(20-17(19)22-18)13-24(12-15-9-6-10-25-15)11-14-7-4-3-5-8-14/h3-5,7-8,15H,6,9-13H2,1-2H3,(H2,19,20,21,22)/t15-/m0/s1. The molecule has 1 aromatic carbocycles. The smallest absolute Gasteiger partial charge is 0.229 e. The van der Waals surface area contributed by atoms with Crippen LogP contribution in [0.3, 0.4) is 0 Å². The Bertz CT molecular complexity index is 673. The van der Waals surface area contributed by atoms with Crippen LogP contribution in [0.25, 0.3) is 0 Å². The van der Waals surface area contributed by atoms with Crippen molar-refractivity contribution in [3.8, 4) is 0 Å². The van der Waals surface area contributed by atoms with Gasteiger partial charge in [0.1, 0.15) is 5.82 Å². The van der Waals surface area contributed by atoms with Gasteiger partial charge in [-0.05, 0) is 18.4 Å². The number of nitrogens with zero attached hydrogens (tertiary/aromatic N) is 5. The van der Waals surface area contributed by atoms with Gasteiger partial charge in [-0.15, -0.1) is 0 Å². The Hall–Kier alpha value is -2.25. The van der Waals surface area contributed by atoms with Crippen LogP contribution in [0.5, 0.6) is 0 Å². The number of benzene rings is 1. The van der Waals surface area contributed by atoms with Crippen LogP contribution in [-0.4, -0.2) is 53.2 Å². The zero-order valence-corrected chi connectivity index (χ0v) is 14.9. The summed E-state index contributed by atoms with van der Waals surface area (Å²) in [5.41, 5.74) is 7.12.